The lowest BCUT2D eigenvalue weighted by atomic mass is 9.71. The van der Waals surface area contributed by atoms with Gasteiger partial charge in [0.2, 0.25) is 0 Å². The minimum absolute atomic E-state index is 0.582. The van der Waals surface area contributed by atoms with Gasteiger partial charge in [0, 0.05) is 0 Å². The Labute approximate surface area is 136 Å². The molecule has 0 aliphatic carbocycles. The average molecular weight is 297 g/mol. The molecule has 0 fully saturated rings. The van der Waals surface area contributed by atoms with Crippen LogP contribution in [-0.2, 0) is 0 Å². The smallest absolute Gasteiger partial charge is 0.0331 e. The first-order valence-electron chi connectivity index (χ1n) is 9.72. The summed E-state index contributed by atoms with van der Waals surface area (Å²) in [4.78, 5) is 0. The van der Waals surface area contributed by atoms with Crippen molar-refractivity contribution in [3.8, 4) is 0 Å². The Kier molecular flexibility index (Phi) is 9.90. The Morgan fingerprint density at radius 1 is 0.714 bits per heavy atom. The average Bonchev–Trinajstić information content (AvgIpc) is 2.51. The van der Waals surface area contributed by atoms with E-state index in [2.05, 4.69) is 62.3 Å². The second kappa shape index (κ2) is 9.90. The number of hydrogen-bond donors (Lipinski definition) is 0. The first-order chi connectivity index (χ1) is 9.72. The van der Waals surface area contributed by atoms with Gasteiger partial charge in [0.25, 0.3) is 0 Å². The summed E-state index contributed by atoms with van der Waals surface area (Å²) in [5.41, 5.74) is 0.582. The summed E-state index contributed by atoms with van der Waals surface area (Å²) in [6.45, 7) is 21.9. The van der Waals surface area contributed by atoms with Gasteiger partial charge in [-0.3, -0.25) is 0 Å². The zero-order valence-electron chi connectivity index (χ0n) is 16.6. The Morgan fingerprint density at radius 3 is 1.62 bits per heavy atom. The molecular weight excluding hydrogens is 252 g/mol. The largest absolute Gasteiger partial charge is 0.0651 e. The predicted molar refractivity (Wildman–Crippen MR) is 98.7 cm³/mol. The van der Waals surface area contributed by atoms with Gasteiger partial charge in [-0.15, -0.1) is 0 Å². The van der Waals surface area contributed by atoms with E-state index in [-0.39, 0.29) is 0 Å². The van der Waals surface area contributed by atoms with E-state index < -0.39 is 0 Å². The second-order valence-corrected chi connectivity index (χ2v) is 8.35. The number of hydrogen-bond acceptors (Lipinski definition) is 0. The molecule has 0 saturated heterocycles. The molecule has 0 aliphatic rings. The maximum atomic E-state index is 2.49. The molecule has 0 amide bonds. The Bertz CT molecular complexity index is 251. The molecule has 0 saturated carbocycles. The molecule has 21 heavy (non-hydrogen) atoms. The van der Waals surface area contributed by atoms with Crippen molar-refractivity contribution in [1.82, 2.24) is 0 Å². The maximum absolute atomic E-state index is 2.49. The van der Waals surface area contributed by atoms with Crippen molar-refractivity contribution in [2.45, 2.75) is 101 Å². The molecule has 0 aromatic rings. The standard InChI is InChI=1S/C21H44/c1-10-16(4)18(6)20(8)19(7)17(5)14-13-15-21(9,11-2)12-3/h16-20H,10-15H2,1-9H3. The summed E-state index contributed by atoms with van der Waals surface area (Å²) in [6.07, 6.45) is 8.20. The molecule has 0 aromatic carbocycles. The van der Waals surface area contributed by atoms with Crippen LogP contribution in [0.25, 0.3) is 0 Å². The molecular formula is C21H44. The topological polar surface area (TPSA) is 0 Å². The van der Waals surface area contributed by atoms with E-state index in [4.69, 9.17) is 0 Å². The minimum atomic E-state index is 0.582. The molecule has 0 spiro atoms. The van der Waals surface area contributed by atoms with Crippen LogP contribution < -0.4 is 0 Å². The summed E-state index contributed by atoms with van der Waals surface area (Å²) >= 11 is 0. The van der Waals surface area contributed by atoms with Crippen LogP contribution in [0.1, 0.15) is 101 Å². The van der Waals surface area contributed by atoms with Crippen molar-refractivity contribution in [2.24, 2.45) is 35.0 Å². The van der Waals surface area contributed by atoms with Crippen molar-refractivity contribution >= 4 is 0 Å². The van der Waals surface area contributed by atoms with Crippen LogP contribution in [0.3, 0.4) is 0 Å². The van der Waals surface area contributed by atoms with Crippen LogP contribution in [-0.4, -0.2) is 0 Å². The SMILES string of the molecule is CCC(C)C(C)C(C)C(C)C(C)CCCC(C)(CC)CC. The Morgan fingerprint density at radius 2 is 1.19 bits per heavy atom. The molecule has 0 aliphatic heterocycles. The monoisotopic (exact) mass is 296 g/mol. The molecule has 0 aromatic heterocycles. The van der Waals surface area contributed by atoms with Gasteiger partial charge < -0.3 is 0 Å². The molecule has 128 valence electrons. The lowest BCUT2D eigenvalue weighted by molar-refractivity contribution is 0.155. The molecule has 0 heteroatoms. The zero-order chi connectivity index (χ0) is 16.6. The molecule has 0 heterocycles. The van der Waals surface area contributed by atoms with Crippen LogP contribution in [0.4, 0.5) is 0 Å². The van der Waals surface area contributed by atoms with Crippen LogP contribution in [0.5, 0.6) is 0 Å². The van der Waals surface area contributed by atoms with E-state index in [9.17, 15) is 0 Å². The number of rotatable bonds is 11. The summed E-state index contributed by atoms with van der Waals surface area (Å²) in [5.74, 6) is 4.27. The van der Waals surface area contributed by atoms with Gasteiger partial charge in [0.05, 0.1) is 0 Å². The quantitative estimate of drug-likeness (QED) is 0.369. The van der Waals surface area contributed by atoms with E-state index in [0.29, 0.717) is 5.41 Å². The molecule has 0 bridgehead atoms. The van der Waals surface area contributed by atoms with Crippen LogP contribution in [0.15, 0.2) is 0 Å². The molecule has 0 rings (SSSR count). The first kappa shape index (κ1) is 21.0. The fourth-order valence-corrected chi connectivity index (χ4v) is 3.60. The summed E-state index contributed by atoms with van der Waals surface area (Å²) < 4.78 is 0. The van der Waals surface area contributed by atoms with Crippen LogP contribution >= 0.6 is 0 Å². The zero-order valence-corrected chi connectivity index (χ0v) is 16.6. The van der Waals surface area contributed by atoms with Gasteiger partial charge in [-0.05, 0) is 41.4 Å². The predicted octanol–water partition coefficient (Wildman–Crippen LogP) is 7.57. The van der Waals surface area contributed by atoms with Gasteiger partial charge >= 0.3 is 0 Å². The summed E-state index contributed by atoms with van der Waals surface area (Å²) in [6, 6.07) is 0. The van der Waals surface area contributed by atoms with Crippen molar-refractivity contribution in [1.29, 1.82) is 0 Å². The van der Waals surface area contributed by atoms with E-state index in [1.54, 1.807) is 0 Å². The highest BCUT2D eigenvalue weighted by Crippen LogP contribution is 2.36. The molecule has 5 atom stereocenters. The summed E-state index contributed by atoms with van der Waals surface area (Å²) in [7, 11) is 0. The van der Waals surface area contributed by atoms with Crippen molar-refractivity contribution < 1.29 is 0 Å². The van der Waals surface area contributed by atoms with Crippen molar-refractivity contribution in [2.75, 3.05) is 0 Å². The van der Waals surface area contributed by atoms with Gasteiger partial charge in [-0.2, -0.15) is 0 Å². The van der Waals surface area contributed by atoms with Gasteiger partial charge in [0.15, 0.2) is 0 Å². The van der Waals surface area contributed by atoms with Crippen LogP contribution in [0.2, 0.25) is 0 Å². The van der Waals surface area contributed by atoms with Gasteiger partial charge in [0.1, 0.15) is 0 Å². The highest BCUT2D eigenvalue weighted by Gasteiger charge is 2.27. The lowest BCUT2D eigenvalue weighted by Gasteiger charge is -2.34. The van der Waals surface area contributed by atoms with E-state index in [1.807, 2.05) is 0 Å². The molecule has 0 radical (unpaired) electrons. The van der Waals surface area contributed by atoms with E-state index in [0.717, 1.165) is 29.6 Å². The van der Waals surface area contributed by atoms with Crippen LogP contribution in [0, 0.1) is 35.0 Å². The molecule has 5 unspecified atom stereocenters. The lowest BCUT2D eigenvalue weighted by Crippen LogP contribution is -2.26. The minimum Gasteiger partial charge on any atom is -0.0651 e. The molecule has 0 N–H and O–H groups in total. The summed E-state index contributed by atoms with van der Waals surface area (Å²) in [5, 5.41) is 0. The van der Waals surface area contributed by atoms with E-state index in [1.165, 1.54) is 38.5 Å². The fourth-order valence-electron chi connectivity index (χ4n) is 3.60. The highest BCUT2D eigenvalue weighted by atomic mass is 14.3. The Hall–Kier alpha value is 0. The second-order valence-electron chi connectivity index (χ2n) is 8.35. The van der Waals surface area contributed by atoms with Crippen molar-refractivity contribution in [3.05, 3.63) is 0 Å². The third-order valence-electron chi connectivity index (χ3n) is 7.24. The third-order valence-corrected chi connectivity index (χ3v) is 7.24. The highest BCUT2D eigenvalue weighted by molar-refractivity contribution is 4.77. The normalized spacial score (nSPS) is 19.9. The maximum Gasteiger partial charge on any atom is -0.0331 e. The Balaban J connectivity index is 4.30. The molecule has 0 nitrogen and oxygen atoms in total. The van der Waals surface area contributed by atoms with Gasteiger partial charge in [-0.25, -0.2) is 0 Å². The first-order valence-corrected chi connectivity index (χ1v) is 9.72. The third kappa shape index (κ3) is 6.74. The van der Waals surface area contributed by atoms with Crippen molar-refractivity contribution in [3.63, 3.8) is 0 Å². The fraction of sp³-hybridized carbons (Fsp3) is 1.00. The van der Waals surface area contributed by atoms with Gasteiger partial charge in [-0.1, -0.05) is 94.4 Å². The van der Waals surface area contributed by atoms with E-state index >= 15 is 0 Å².